The SMILES string of the molecule is Cl.O=C(NCc1cccc2ccccc12)c1cc2c(OC3CCNCC3)cccc2s1. The average Bonchev–Trinajstić information content (AvgIpc) is 3.24. The molecule has 4 aromatic rings. The molecule has 0 atom stereocenters. The summed E-state index contributed by atoms with van der Waals surface area (Å²) in [5.74, 6) is 0.834. The van der Waals surface area contributed by atoms with E-state index < -0.39 is 0 Å². The molecular weight excluding hydrogens is 428 g/mol. The second kappa shape index (κ2) is 9.69. The van der Waals surface area contributed by atoms with Crippen LogP contribution in [0.15, 0.2) is 66.7 Å². The Morgan fingerprint density at radius 2 is 1.77 bits per heavy atom. The molecule has 0 saturated carbocycles. The third kappa shape index (κ3) is 4.69. The quantitative estimate of drug-likeness (QED) is 0.418. The van der Waals surface area contributed by atoms with Crippen molar-refractivity contribution in [1.82, 2.24) is 10.6 Å². The van der Waals surface area contributed by atoms with Gasteiger partial charge in [0.15, 0.2) is 0 Å². The molecule has 2 N–H and O–H groups in total. The minimum absolute atomic E-state index is 0. The molecule has 2 heterocycles. The lowest BCUT2D eigenvalue weighted by molar-refractivity contribution is 0.0955. The molecule has 5 rings (SSSR count). The Morgan fingerprint density at radius 1 is 1.00 bits per heavy atom. The Labute approximate surface area is 192 Å². The lowest BCUT2D eigenvalue weighted by Crippen LogP contribution is -2.34. The number of piperidine rings is 1. The molecule has 31 heavy (non-hydrogen) atoms. The van der Waals surface area contributed by atoms with Gasteiger partial charge in [0.25, 0.3) is 5.91 Å². The summed E-state index contributed by atoms with van der Waals surface area (Å²) in [6, 6.07) is 22.5. The molecule has 1 aliphatic rings. The monoisotopic (exact) mass is 452 g/mol. The number of hydrogen-bond donors (Lipinski definition) is 2. The van der Waals surface area contributed by atoms with Crippen LogP contribution in [-0.2, 0) is 6.54 Å². The second-order valence-electron chi connectivity index (χ2n) is 7.67. The number of amides is 1. The molecule has 1 saturated heterocycles. The molecule has 0 radical (unpaired) electrons. The van der Waals surface area contributed by atoms with Gasteiger partial charge < -0.3 is 15.4 Å². The van der Waals surface area contributed by atoms with Crippen LogP contribution in [0.3, 0.4) is 0 Å². The largest absolute Gasteiger partial charge is 0.490 e. The van der Waals surface area contributed by atoms with E-state index in [1.165, 1.54) is 22.1 Å². The van der Waals surface area contributed by atoms with Gasteiger partial charge in [0.2, 0.25) is 0 Å². The average molecular weight is 453 g/mol. The Morgan fingerprint density at radius 3 is 2.65 bits per heavy atom. The number of hydrogen-bond acceptors (Lipinski definition) is 4. The van der Waals surface area contributed by atoms with Crippen LogP contribution in [0.1, 0.15) is 28.1 Å². The first kappa shape index (κ1) is 21.6. The van der Waals surface area contributed by atoms with Gasteiger partial charge in [-0.05, 0) is 60.5 Å². The van der Waals surface area contributed by atoms with Crippen LogP contribution < -0.4 is 15.4 Å². The van der Waals surface area contributed by atoms with Crippen LogP contribution >= 0.6 is 23.7 Å². The maximum Gasteiger partial charge on any atom is 0.261 e. The van der Waals surface area contributed by atoms with Crippen LogP contribution in [0, 0.1) is 0 Å². The minimum atomic E-state index is -0.0445. The number of halogens is 1. The summed E-state index contributed by atoms with van der Waals surface area (Å²) in [5, 5.41) is 9.84. The van der Waals surface area contributed by atoms with Gasteiger partial charge in [-0.25, -0.2) is 0 Å². The van der Waals surface area contributed by atoms with Gasteiger partial charge in [0.05, 0.1) is 4.88 Å². The number of carbonyl (C=O) groups excluding carboxylic acids is 1. The second-order valence-corrected chi connectivity index (χ2v) is 8.75. The highest BCUT2D eigenvalue weighted by Gasteiger charge is 2.18. The summed E-state index contributed by atoms with van der Waals surface area (Å²) in [4.78, 5) is 13.6. The van der Waals surface area contributed by atoms with Crippen molar-refractivity contribution in [2.45, 2.75) is 25.5 Å². The van der Waals surface area contributed by atoms with Crippen molar-refractivity contribution in [2.75, 3.05) is 13.1 Å². The molecular formula is C25H25ClN2O2S. The number of benzene rings is 3. The van der Waals surface area contributed by atoms with Crippen molar-refractivity contribution in [3.63, 3.8) is 0 Å². The van der Waals surface area contributed by atoms with E-state index in [9.17, 15) is 4.79 Å². The van der Waals surface area contributed by atoms with Gasteiger partial charge in [0.1, 0.15) is 11.9 Å². The van der Waals surface area contributed by atoms with Gasteiger partial charge in [-0.2, -0.15) is 0 Å². The molecule has 0 aliphatic carbocycles. The fourth-order valence-corrected chi connectivity index (χ4v) is 5.05. The molecule has 160 valence electrons. The van der Waals surface area contributed by atoms with Crippen LogP contribution in [0.4, 0.5) is 0 Å². The Balaban J connectivity index is 0.00000231. The molecule has 1 aromatic heterocycles. The Hall–Kier alpha value is -2.60. The van der Waals surface area contributed by atoms with Crippen LogP contribution in [-0.4, -0.2) is 25.1 Å². The molecule has 6 heteroatoms. The van der Waals surface area contributed by atoms with E-state index in [0.29, 0.717) is 11.4 Å². The molecule has 1 aliphatic heterocycles. The van der Waals surface area contributed by atoms with E-state index in [4.69, 9.17) is 4.74 Å². The van der Waals surface area contributed by atoms with E-state index >= 15 is 0 Å². The van der Waals surface area contributed by atoms with Gasteiger partial charge >= 0.3 is 0 Å². The predicted molar refractivity (Wildman–Crippen MR) is 131 cm³/mol. The molecule has 0 spiro atoms. The predicted octanol–water partition coefficient (Wildman–Crippen LogP) is 5.54. The molecule has 1 amide bonds. The van der Waals surface area contributed by atoms with Crippen molar-refractivity contribution in [3.05, 3.63) is 77.2 Å². The maximum atomic E-state index is 12.9. The number of thiophene rings is 1. The van der Waals surface area contributed by atoms with Gasteiger partial charge in [-0.3, -0.25) is 4.79 Å². The molecule has 4 nitrogen and oxygen atoms in total. The molecule has 3 aromatic carbocycles. The third-order valence-corrected chi connectivity index (χ3v) is 6.74. The van der Waals surface area contributed by atoms with Gasteiger partial charge in [-0.15, -0.1) is 23.7 Å². The summed E-state index contributed by atoms with van der Waals surface area (Å²) in [6.07, 6.45) is 2.26. The maximum absolute atomic E-state index is 12.9. The summed E-state index contributed by atoms with van der Waals surface area (Å²) in [7, 11) is 0. The highest BCUT2D eigenvalue weighted by molar-refractivity contribution is 7.20. The number of fused-ring (bicyclic) bond motifs is 2. The number of ether oxygens (including phenoxy) is 1. The summed E-state index contributed by atoms with van der Waals surface area (Å²) >= 11 is 1.52. The topological polar surface area (TPSA) is 50.4 Å². The minimum Gasteiger partial charge on any atom is -0.490 e. The summed E-state index contributed by atoms with van der Waals surface area (Å²) in [5.41, 5.74) is 1.12. The normalized spacial score (nSPS) is 14.3. The van der Waals surface area contributed by atoms with Crippen LogP contribution in [0.25, 0.3) is 20.9 Å². The smallest absolute Gasteiger partial charge is 0.261 e. The van der Waals surface area contributed by atoms with E-state index in [1.807, 2.05) is 36.4 Å². The van der Waals surface area contributed by atoms with Crippen LogP contribution in [0.5, 0.6) is 5.75 Å². The highest BCUT2D eigenvalue weighted by Crippen LogP contribution is 2.34. The number of rotatable bonds is 5. The number of nitrogens with one attached hydrogen (secondary N) is 2. The zero-order chi connectivity index (χ0) is 20.3. The van der Waals surface area contributed by atoms with Gasteiger partial charge in [-0.1, -0.05) is 48.5 Å². The first-order valence-electron chi connectivity index (χ1n) is 10.4. The fourth-order valence-electron chi connectivity index (χ4n) is 4.05. The summed E-state index contributed by atoms with van der Waals surface area (Å²) in [6.45, 7) is 2.49. The van der Waals surface area contributed by atoms with E-state index in [-0.39, 0.29) is 24.4 Å². The zero-order valence-electron chi connectivity index (χ0n) is 17.1. The van der Waals surface area contributed by atoms with E-state index in [0.717, 1.165) is 47.3 Å². The van der Waals surface area contributed by atoms with Crippen molar-refractivity contribution in [3.8, 4) is 5.75 Å². The third-order valence-electron chi connectivity index (χ3n) is 5.64. The lowest BCUT2D eigenvalue weighted by atomic mass is 10.0. The van der Waals surface area contributed by atoms with Crippen molar-refractivity contribution in [1.29, 1.82) is 0 Å². The zero-order valence-corrected chi connectivity index (χ0v) is 18.7. The fraction of sp³-hybridized carbons (Fsp3) is 0.240. The molecule has 0 unspecified atom stereocenters. The highest BCUT2D eigenvalue weighted by atomic mass is 35.5. The lowest BCUT2D eigenvalue weighted by Gasteiger charge is -2.24. The van der Waals surface area contributed by atoms with E-state index in [1.54, 1.807) is 0 Å². The van der Waals surface area contributed by atoms with Gasteiger partial charge in [0, 0.05) is 16.6 Å². The number of carbonyl (C=O) groups is 1. The standard InChI is InChI=1S/C25H24N2O2S.ClH/c28-25(27-16-18-7-3-6-17-5-1-2-8-20(17)18)24-15-21-22(9-4-10-23(21)30-24)29-19-11-13-26-14-12-19;/h1-10,15,19,26H,11-14,16H2,(H,27,28);1H. The van der Waals surface area contributed by atoms with Crippen molar-refractivity contribution >= 4 is 50.5 Å². The van der Waals surface area contributed by atoms with Crippen molar-refractivity contribution < 1.29 is 9.53 Å². The summed E-state index contributed by atoms with van der Waals surface area (Å²) < 4.78 is 7.35. The molecule has 0 bridgehead atoms. The molecule has 1 fully saturated rings. The Kier molecular flexibility index (Phi) is 6.76. The van der Waals surface area contributed by atoms with E-state index in [2.05, 4.69) is 41.0 Å². The van der Waals surface area contributed by atoms with Crippen LogP contribution in [0.2, 0.25) is 0 Å². The van der Waals surface area contributed by atoms with Crippen molar-refractivity contribution in [2.24, 2.45) is 0 Å². The Bertz CT molecular complexity index is 1200. The first-order valence-corrected chi connectivity index (χ1v) is 11.2. The first-order chi connectivity index (χ1) is 14.8.